The minimum atomic E-state index is 0.326. The van der Waals surface area contributed by atoms with E-state index in [4.69, 9.17) is 9.47 Å². The van der Waals surface area contributed by atoms with E-state index in [1.807, 2.05) is 6.07 Å². The number of nitrogens with one attached hydrogen (secondary N) is 2. The van der Waals surface area contributed by atoms with Gasteiger partial charge < -0.3 is 25.0 Å². The third-order valence-corrected chi connectivity index (χ3v) is 6.39. The van der Waals surface area contributed by atoms with Crippen LogP contribution in [0.5, 0.6) is 11.5 Å². The molecule has 2 aromatic rings. The third-order valence-electron chi connectivity index (χ3n) is 6.39. The molecule has 2 aliphatic rings. The van der Waals surface area contributed by atoms with Crippen molar-refractivity contribution in [3.63, 3.8) is 0 Å². The predicted molar refractivity (Wildman–Crippen MR) is 123 cm³/mol. The molecule has 2 fully saturated rings. The van der Waals surface area contributed by atoms with Gasteiger partial charge in [-0.2, -0.15) is 0 Å². The van der Waals surface area contributed by atoms with Crippen molar-refractivity contribution in [3.05, 3.63) is 54.1 Å². The van der Waals surface area contributed by atoms with Crippen molar-refractivity contribution in [2.75, 3.05) is 31.6 Å². The van der Waals surface area contributed by atoms with E-state index in [0.29, 0.717) is 18.2 Å². The highest BCUT2D eigenvalue weighted by Gasteiger charge is 2.25. The van der Waals surface area contributed by atoms with Crippen LogP contribution in [-0.2, 0) is 6.54 Å². The lowest BCUT2D eigenvalue weighted by Crippen LogP contribution is -2.58. The molecule has 5 heteroatoms. The first-order valence-electron chi connectivity index (χ1n) is 11.3. The van der Waals surface area contributed by atoms with Crippen LogP contribution in [0.2, 0.25) is 0 Å². The number of piperazine rings is 1. The zero-order chi connectivity index (χ0) is 20.8. The Kier molecular flexibility index (Phi) is 7.13. The van der Waals surface area contributed by atoms with Crippen LogP contribution < -0.4 is 25.0 Å². The second-order valence-corrected chi connectivity index (χ2v) is 8.52. The van der Waals surface area contributed by atoms with Gasteiger partial charge in [-0.15, -0.1) is 0 Å². The lowest BCUT2D eigenvalue weighted by Gasteiger charge is -2.38. The number of benzene rings is 2. The minimum Gasteiger partial charge on any atom is -0.493 e. The van der Waals surface area contributed by atoms with Crippen molar-refractivity contribution in [3.8, 4) is 11.5 Å². The SMILES string of the molecule is COc1ccc(N2CCNC(C(C)NCc3ccccc3)C2)cc1OC1CCCC1. The number of ether oxygens (including phenoxy) is 2. The molecule has 2 aromatic carbocycles. The Hall–Kier alpha value is -2.24. The molecule has 2 atom stereocenters. The Morgan fingerprint density at radius 2 is 1.90 bits per heavy atom. The first-order chi connectivity index (χ1) is 14.7. The van der Waals surface area contributed by atoms with Gasteiger partial charge in [0, 0.05) is 50.0 Å². The summed E-state index contributed by atoms with van der Waals surface area (Å²) in [5.41, 5.74) is 2.53. The molecule has 4 rings (SSSR count). The summed E-state index contributed by atoms with van der Waals surface area (Å²) in [6.45, 7) is 6.11. The molecule has 30 heavy (non-hydrogen) atoms. The normalized spacial score (nSPS) is 20.9. The van der Waals surface area contributed by atoms with Crippen molar-refractivity contribution in [1.82, 2.24) is 10.6 Å². The van der Waals surface area contributed by atoms with Gasteiger partial charge in [-0.1, -0.05) is 30.3 Å². The Labute approximate surface area is 180 Å². The molecule has 2 N–H and O–H groups in total. The highest BCUT2D eigenvalue weighted by molar-refractivity contribution is 5.57. The summed E-state index contributed by atoms with van der Waals surface area (Å²) in [6, 6.07) is 17.7. The van der Waals surface area contributed by atoms with Gasteiger partial charge in [-0.25, -0.2) is 0 Å². The first-order valence-corrected chi connectivity index (χ1v) is 11.3. The summed E-state index contributed by atoms with van der Waals surface area (Å²) in [5, 5.41) is 7.38. The molecule has 0 radical (unpaired) electrons. The topological polar surface area (TPSA) is 45.8 Å². The summed E-state index contributed by atoms with van der Waals surface area (Å²) in [6.07, 6.45) is 5.15. The van der Waals surface area contributed by atoms with Crippen LogP contribution in [0.1, 0.15) is 38.2 Å². The van der Waals surface area contributed by atoms with Crippen molar-refractivity contribution >= 4 is 5.69 Å². The Morgan fingerprint density at radius 3 is 2.67 bits per heavy atom. The zero-order valence-electron chi connectivity index (χ0n) is 18.3. The van der Waals surface area contributed by atoms with Gasteiger partial charge >= 0.3 is 0 Å². The Morgan fingerprint density at radius 1 is 1.10 bits per heavy atom. The minimum absolute atomic E-state index is 0.326. The van der Waals surface area contributed by atoms with Gasteiger partial charge in [0.2, 0.25) is 0 Å². The number of hydrogen-bond donors (Lipinski definition) is 2. The van der Waals surface area contributed by atoms with Gasteiger partial charge in [0.05, 0.1) is 13.2 Å². The number of hydrogen-bond acceptors (Lipinski definition) is 5. The maximum Gasteiger partial charge on any atom is 0.163 e. The first kappa shape index (κ1) is 21.0. The molecule has 0 aromatic heterocycles. The van der Waals surface area contributed by atoms with Crippen LogP contribution in [0.15, 0.2) is 48.5 Å². The summed E-state index contributed by atoms with van der Waals surface area (Å²) < 4.78 is 11.9. The van der Waals surface area contributed by atoms with Crippen molar-refractivity contribution in [2.24, 2.45) is 0 Å². The Bertz CT molecular complexity index is 792. The van der Waals surface area contributed by atoms with E-state index in [9.17, 15) is 0 Å². The average molecular weight is 410 g/mol. The second-order valence-electron chi connectivity index (χ2n) is 8.52. The summed E-state index contributed by atoms with van der Waals surface area (Å²) in [4.78, 5) is 2.46. The highest BCUT2D eigenvalue weighted by Crippen LogP contribution is 2.35. The molecule has 5 nitrogen and oxygen atoms in total. The lowest BCUT2D eigenvalue weighted by molar-refractivity contribution is 0.201. The second kappa shape index (κ2) is 10.2. The maximum absolute atomic E-state index is 6.31. The monoisotopic (exact) mass is 409 g/mol. The van der Waals surface area contributed by atoms with Crippen LogP contribution in [0.3, 0.4) is 0 Å². The number of rotatable bonds is 8. The van der Waals surface area contributed by atoms with Crippen molar-refractivity contribution in [2.45, 2.75) is 57.3 Å². The molecule has 162 valence electrons. The fraction of sp³-hybridized carbons (Fsp3) is 0.520. The molecule has 1 saturated carbocycles. The Balaban J connectivity index is 1.39. The van der Waals surface area contributed by atoms with Crippen LogP contribution in [0.25, 0.3) is 0 Å². The lowest BCUT2D eigenvalue weighted by atomic mass is 10.1. The quantitative estimate of drug-likeness (QED) is 0.691. The van der Waals surface area contributed by atoms with Crippen LogP contribution in [0, 0.1) is 0 Å². The van der Waals surface area contributed by atoms with Crippen molar-refractivity contribution in [1.29, 1.82) is 0 Å². The van der Waals surface area contributed by atoms with Gasteiger partial charge in [-0.05, 0) is 50.3 Å². The van der Waals surface area contributed by atoms with Gasteiger partial charge in [0.25, 0.3) is 0 Å². The van der Waals surface area contributed by atoms with E-state index in [2.05, 4.69) is 64.9 Å². The van der Waals surface area contributed by atoms with E-state index in [1.54, 1.807) is 7.11 Å². The van der Waals surface area contributed by atoms with Crippen LogP contribution in [0.4, 0.5) is 5.69 Å². The molecule has 1 aliphatic carbocycles. The smallest absolute Gasteiger partial charge is 0.163 e. The molecule has 1 saturated heterocycles. The van der Waals surface area contributed by atoms with Crippen molar-refractivity contribution < 1.29 is 9.47 Å². The molecule has 0 amide bonds. The largest absolute Gasteiger partial charge is 0.493 e. The zero-order valence-corrected chi connectivity index (χ0v) is 18.3. The highest BCUT2D eigenvalue weighted by atomic mass is 16.5. The predicted octanol–water partition coefficient (Wildman–Crippen LogP) is 3.97. The van der Waals surface area contributed by atoms with Gasteiger partial charge in [0.1, 0.15) is 0 Å². The third kappa shape index (κ3) is 5.27. The van der Waals surface area contributed by atoms with Crippen LogP contribution in [-0.4, -0.2) is 44.9 Å². The molecule has 1 aliphatic heterocycles. The molecule has 1 heterocycles. The molecule has 0 spiro atoms. The van der Waals surface area contributed by atoms with E-state index < -0.39 is 0 Å². The molecular weight excluding hydrogens is 374 g/mol. The fourth-order valence-electron chi connectivity index (χ4n) is 4.50. The molecule has 2 unspecified atom stereocenters. The molecular formula is C25H35N3O2. The summed E-state index contributed by atoms with van der Waals surface area (Å²) in [5.74, 6) is 1.71. The standard InChI is InChI=1S/C25H35N3O2/c1-19(27-17-20-8-4-3-5-9-20)23-18-28(15-14-26-23)21-12-13-24(29-2)25(16-21)30-22-10-6-7-11-22/h3-5,8-9,12-13,16,19,22-23,26-27H,6-7,10-11,14-15,17-18H2,1-2H3. The summed E-state index contributed by atoms with van der Waals surface area (Å²) >= 11 is 0. The summed E-state index contributed by atoms with van der Waals surface area (Å²) in [7, 11) is 1.72. The van der Waals surface area contributed by atoms with E-state index in [-0.39, 0.29) is 0 Å². The van der Waals surface area contributed by atoms with E-state index in [1.165, 1.54) is 24.1 Å². The molecule has 0 bridgehead atoms. The van der Waals surface area contributed by atoms with E-state index in [0.717, 1.165) is 50.5 Å². The average Bonchev–Trinajstić information content (AvgIpc) is 3.31. The number of nitrogens with zero attached hydrogens (tertiary/aromatic N) is 1. The van der Waals surface area contributed by atoms with E-state index >= 15 is 0 Å². The number of anilines is 1. The number of methoxy groups -OCH3 is 1. The van der Waals surface area contributed by atoms with Gasteiger partial charge in [-0.3, -0.25) is 0 Å². The fourth-order valence-corrected chi connectivity index (χ4v) is 4.50. The maximum atomic E-state index is 6.31. The van der Waals surface area contributed by atoms with Crippen LogP contribution >= 0.6 is 0 Å². The van der Waals surface area contributed by atoms with Gasteiger partial charge in [0.15, 0.2) is 11.5 Å².